The van der Waals surface area contributed by atoms with Crippen LogP contribution in [0.25, 0.3) is 0 Å². The van der Waals surface area contributed by atoms with Crippen LogP contribution in [0.3, 0.4) is 0 Å². The highest BCUT2D eigenvalue weighted by Gasteiger charge is 2.49. The SMILES string of the molecule is C=CC12C=CC(N(C)C)=CC1C2. The zero-order valence-electron chi connectivity index (χ0n) is 7.75. The second-order valence-electron chi connectivity index (χ2n) is 3.95. The van der Waals surface area contributed by atoms with Crippen LogP contribution in [0.5, 0.6) is 0 Å². The van der Waals surface area contributed by atoms with E-state index in [1.807, 2.05) is 0 Å². The summed E-state index contributed by atoms with van der Waals surface area (Å²) in [5.74, 6) is 0.720. The fourth-order valence-corrected chi connectivity index (χ4v) is 1.83. The van der Waals surface area contributed by atoms with Gasteiger partial charge < -0.3 is 4.90 Å². The van der Waals surface area contributed by atoms with Crippen LogP contribution in [0.4, 0.5) is 0 Å². The van der Waals surface area contributed by atoms with Gasteiger partial charge in [0.25, 0.3) is 0 Å². The van der Waals surface area contributed by atoms with E-state index in [4.69, 9.17) is 0 Å². The van der Waals surface area contributed by atoms with E-state index in [-0.39, 0.29) is 0 Å². The van der Waals surface area contributed by atoms with Gasteiger partial charge in [0.05, 0.1) is 0 Å². The minimum Gasteiger partial charge on any atom is -0.378 e. The van der Waals surface area contributed by atoms with Crippen molar-refractivity contribution >= 4 is 0 Å². The van der Waals surface area contributed by atoms with Crippen LogP contribution in [-0.4, -0.2) is 19.0 Å². The molecule has 1 fully saturated rings. The lowest BCUT2D eigenvalue weighted by atomic mass is 9.98. The van der Waals surface area contributed by atoms with Crippen LogP contribution in [0.1, 0.15) is 6.42 Å². The van der Waals surface area contributed by atoms with Gasteiger partial charge in [0, 0.05) is 25.2 Å². The molecule has 0 aromatic heterocycles. The molecule has 1 nitrogen and oxygen atoms in total. The predicted molar refractivity (Wildman–Crippen MR) is 51.6 cm³/mol. The summed E-state index contributed by atoms with van der Waals surface area (Å²) in [6.07, 6.45) is 10.2. The Bertz CT molecular complexity index is 273. The van der Waals surface area contributed by atoms with Crippen LogP contribution < -0.4 is 0 Å². The van der Waals surface area contributed by atoms with E-state index in [0.29, 0.717) is 5.41 Å². The van der Waals surface area contributed by atoms with Crippen molar-refractivity contribution in [2.45, 2.75) is 6.42 Å². The molecule has 2 unspecified atom stereocenters. The number of hydrogen-bond donors (Lipinski definition) is 0. The summed E-state index contributed by atoms with van der Waals surface area (Å²) in [7, 11) is 4.17. The first-order valence-corrected chi connectivity index (χ1v) is 4.40. The number of allylic oxidation sites excluding steroid dienone is 4. The van der Waals surface area contributed by atoms with E-state index < -0.39 is 0 Å². The number of rotatable bonds is 2. The van der Waals surface area contributed by atoms with Crippen LogP contribution in [0, 0.1) is 11.3 Å². The molecule has 2 atom stereocenters. The summed E-state index contributed by atoms with van der Waals surface area (Å²) in [4.78, 5) is 2.15. The molecule has 1 saturated carbocycles. The van der Waals surface area contributed by atoms with Gasteiger partial charge in [-0.3, -0.25) is 0 Å². The standard InChI is InChI=1S/C11H15N/c1-4-11-6-5-10(12(2)3)7-9(11)8-11/h4-7,9H,1,8H2,2-3H3. The molecule has 0 aliphatic heterocycles. The molecule has 12 heavy (non-hydrogen) atoms. The first kappa shape index (κ1) is 7.66. The molecule has 2 aliphatic rings. The van der Waals surface area contributed by atoms with Crippen molar-refractivity contribution in [3.05, 3.63) is 36.6 Å². The van der Waals surface area contributed by atoms with Gasteiger partial charge in [0.2, 0.25) is 0 Å². The summed E-state index contributed by atoms with van der Waals surface area (Å²) in [5.41, 5.74) is 1.66. The third kappa shape index (κ3) is 0.927. The molecule has 64 valence electrons. The summed E-state index contributed by atoms with van der Waals surface area (Å²) >= 11 is 0. The van der Waals surface area contributed by atoms with Gasteiger partial charge in [0.15, 0.2) is 0 Å². The van der Waals surface area contributed by atoms with E-state index in [2.05, 4.69) is 49.9 Å². The second-order valence-corrected chi connectivity index (χ2v) is 3.95. The van der Waals surface area contributed by atoms with Crippen molar-refractivity contribution in [2.24, 2.45) is 11.3 Å². The number of nitrogens with zero attached hydrogens (tertiary/aromatic N) is 1. The Morgan fingerprint density at radius 2 is 2.42 bits per heavy atom. The third-order valence-corrected chi connectivity index (χ3v) is 2.94. The molecule has 2 rings (SSSR count). The summed E-state index contributed by atoms with van der Waals surface area (Å²) in [6.45, 7) is 3.87. The summed E-state index contributed by atoms with van der Waals surface area (Å²) in [6, 6.07) is 0. The minimum absolute atomic E-state index is 0.333. The highest BCUT2D eigenvalue weighted by atomic mass is 15.1. The zero-order valence-corrected chi connectivity index (χ0v) is 7.75. The van der Waals surface area contributed by atoms with Crippen LogP contribution >= 0.6 is 0 Å². The first-order chi connectivity index (χ1) is 5.68. The van der Waals surface area contributed by atoms with Crippen molar-refractivity contribution in [1.82, 2.24) is 4.90 Å². The average molecular weight is 161 g/mol. The molecule has 0 heterocycles. The quantitative estimate of drug-likeness (QED) is 0.561. The molecular formula is C11H15N. The Morgan fingerprint density at radius 1 is 1.67 bits per heavy atom. The Hall–Kier alpha value is -0.980. The Labute approximate surface area is 74.1 Å². The maximum Gasteiger partial charge on any atom is 0.0320 e. The Balaban J connectivity index is 2.20. The monoisotopic (exact) mass is 161 g/mol. The molecule has 2 aliphatic carbocycles. The predicted octanol–water partition coefficient (Wildman–Crippen LogP) is 2.19. The van der Waals surface area contributed by atoms with Gasteiger partial charge in [-0.25, -0.2) is 0 Å². The fraction of sp³-hybridized carbons (Fsp3) is 0.455. The smallest absolute Gasteiger partial charge is 0.0320 e. The van der Waals surface area contributed by atoms with Gasteiger partial charge in [-0.1, -0.05) is 18.2 Å². The zero-order chi connectivity index (χ0) is 8.77. The summed E-state index contributed by atoms with van der Waals surface area (Å²) < 4.78 is 0. The van der Waals surface area contributed by atoms with Crippen molar-refractivity contribution in [1.29, 1.82) is 0 Å². The van der Waals surface area contributed by atoms with E-state index in [1.54, 1.807) is 0 Å². The Kier molecular flexibility index (Phi) is 1.44. The van der Waals surface area contributed by atoms with E-state index in [1.165, 1.54) is 12.1 Å². The highest BCUT2D eigenvalue weighted by molar-refractivity contribution is 5.38. The van der Waals surface area contributed by atoms with E-state index in [9.17, 15) is 0 Å². The maximum atomic E-state index is 3.87. The molecule has 0 aromatic rings. The highest BCUT2D eigenvalue weighted by Crippen LogP contribution is 2.57. The largest absolute Gasteiger partial charge is 0.378 e. The van der Waals surface area contributed by atoms with Gasteiger partial charge in [-0.15, -0.1) is 6.58 Å². The number of fused-ring (bicyclic) bond motifs is 1. The lowest BCUT2D eigenvalue weighted by molar-refractivity contribution is 0.519. The third-order valence-electron chi connectivity index (χ3n) is 2.94. The van der Waals surface area contributed by atoms with Crippen LogP contribution in [0.15, 0.2) is 36.6 Å². The van der Waals surface area contributed by atoms with Gasteiger partial charge in [0.1, 0.15) is 0 Å². The van der Waals surface area contributed by atoms with Crippen LogP contribution in [0.2, 0.25) is 0 Å². The number of likely N-dealkylation sites (N-methyl/N-ethyl adjacent to an activating group) is 1. The molecular weight excluding hydrogens is 146 g/mol. The van der Waals surface area contributed by atoms with Crippen molar-refractivity contribution < 1.29 is 0 Å². The molecule has 0 N–H and O–H groups in total. The van der Waals surface area contributed by atoms with E-state index in [0.717, 1.165) is 5.92 Å². The van der Waals surface area contributed by atoms with Gasteiger partial charge >= 0.3 is 0 Å². The maximum absolute atomic E-state index is 3.87. The molecule has 0 bridgehead atoms. The van der Waals surface area contributed by atoms with Gasteiger partial charge in [-0.05, 0) is 18.4 Å². The van der Waals surface area contributed by atoms with Crippen molar-refractivity contribution in [2.75, 3.05) is 14.1 Å². The normalized spacial score (nSPS) is 36.8. The summed E-state index contributed by atoms with van der Waals surface area (Å²) in [5, 5.41) is 0. The molecule has 1 heteroatoms. The minimum atomic E-state index is 0.333. The fourth-order valence-electron chi connectivity index (χ4n) is 1.83. The molecule has 0 spiro atoms. The van der Waals surface area contributed by atoms with Gasteiger partial charge in [-0.2, -0.15) is 0 Å². The number of hydrogen-bond acceptors (Lipinski definition) is 1. The van der Waals surface area contributed by atoms with Crippen molar-refractivity contribution in [3.8, 4) is 0 Å². The van der Waals surface area contributed by atoms with E-state index >= 15 is 0 Å². The lowest BCUT2D eigenvalue weighted by Gasteiger charge is -2.18. The molecule has 0 amide bonds. The molecule has 0 saturated heterocycles. The molecule has 0 radical (unpaired) electrons. The molecule has 0 aromatic carbocycles. The first-order valence-electron chi connectivity index (χ1n) is 4.40. The average Bonchev–Trinajstić information content (AvgIpc) is 2.77. The topological polar surface area (TPSA) is 3.24 Å². The van der Waals surface area contributed by atoms with Crippen molar-refractivity contribution in [3.63, 3.8) is 0 Å². The lowest BCUT2D eigenvalue weighted by Crippen LogP contribution is -2.12. The van der Waals surface area contributed by atoms with Crippen LogP contribution in [-0.2, 0) is 0 Å². The second kappa shape index (κ2) is 2.25. The Morgan fingerprint density at radius 3 is 2.92 bits per heavy atom.